The topological polar surface area (TPSA) is 30.5 Å². The molecular weight excluding hydrogens is 357 g/mol. The Balaban J connectivity index is 1.99. The number of ether oxygens (including phenoxy) is 2. The van der Waals surface area contributed by atoms with E-state index in [2.05, 4.69) is 19.2 Å². The van der Waals surface area contributed by atoms with Crippen molar-refractivity contribution in [3.05, 3.63) is 57.6 Å². The minimum atomic E-state index is 0.293. The van der Waals surface area contributed by atoms with Crippen LogP contribution in [0, 0.1) is 5.92 Å². The Morgan fingerprint density at radius 1 is 1.04 bits per heavy atom. The van der Waals surface area contributed by atoms with E-state index < -0.39 is 0 Å². The van der Waals surface area contributed by atoms with Crippen molar-refractivity contribution in [3.63, 3.8) is 0 Å². The molecule has 136 valence electrons. The lowest BCUT2D eigenvalue weighted by Gasteiger charge is -2.14. The highest BCUT2D eigenvalue weighted by Crippen LogP contribution is 2.31. The average molecular weight is 382 g/mol. The minimum absolute atomic E-state index is 0.293. The quantitative estimate of drug-likeness (QED) is 0.563. The van der Waals surface area contributed by atoms with Crippen LogP contribution in [0.2, 0.25) is 10.0 Å². The van der Waals surface area contributed by atoms with Gasteiger partial charge in [-0.2, -0.15) is 0 Å². The van der Waals surface area contributed by atoms with Gasteiger partial charge in [0, 0.05) is 22.2 Å². The molecule has 25 heavy (non-hydrogen) atoms. The zero-order valence-electron chi connectivity index (χ0n) is 14.9. The van der Waals surface area contributed by atoms with Crippen LogP contribution < -0.4 is 14.8 Å². The molecule has 3 nitrogen and oxygen atoms in total. The predicted octanol–water partition coefficient (Wildman–Crippen LogP) is 5.72. The fourth-order valence-electron chi connectivity index (χ4n) is 2.38. The molecule has 0 aromatic heterocycles. The third kappa shape index (κ3) is 6.10. The van der Waals surface area contributed by atoms with Crippen molar-refractivity contribution in [2.45, 2.75) is 33.4 Å². The second-order valence-electron chi connectivity index (χ2n) is 6.33. The van der Waals surface area contributed by atoms with Gasteiger partial charge in [-0.25, -0.2) is 0 Å². The fourth-order valence-corrected chi connectivity index (χ4v) is 2.89. The molecule has 0 unspecified atom stereocenters. The number of halogens is 2. The van der Waals surface area contributed by atoms with Crippen molar-refractivity contribution < 1.29 is 9.47 Å². The molecule has 0 aliphatic heterocycles. The Morgan fingerprint density at radius 3 is 2.40 bits per heavy atom. The van der Waals surface area contributed by atoms with Crippen LogP contribution in [0.4, 0.5) is 0 Å². The van der Waals surface area contributed by atoms with Gasteiger partial charge in [0.15, 0.2) is 11.5 Å². The fraction of sp³-hybridized carbons (Fsp3) is 0.400. The maximum atomic E-state index is 6.18. The summed E-state index contributed by atoms with van der Waals surface area (Å²) >= 11 is 12.4. The third-order valence-electron chi connectivity index (χ3n) is 3.89. The summed E-state index contributed by atoms with van der Waals surface area (Å²) in [6.07, 6.45) is 1.16. The molecule has 2 rings (SSSR count). The van der Waals surface area contributed by atoms with Gasteiger partial charge in [-0.1, -0.05) is 49.2 Å². The first-order chi connectivity index (χ1) is 12.0. The summed E-state index contributed by atoms with van der Waals surface area (Å²) in [7, 11) is 1.64. The van der Waals surface area contributed by atoms with Crippen molar-refractivity contribution in [1.82, 2.24) is 5.32 Å². The van der Waals surface area contributed by atoms with Gasteiger partial charge < -0.3 is 14.8 Å². The summed E-state index contributed by atoms with van der Waals surface area (Å²) in [6.45, 7) is 6.55. The van der Waals surface area contributed by atoms with E-state index in [0.717, 1.165) is 30.6 Å². The second kappa shape index (κ2) is 9.91. The smallest absolute Gasteiger partial charge is 0.161 e. The average Bonchev–Trinajstić information content (AvgIpc) is 2.58. The van der Waals surface area contributed by atoms with E-state index in [1.807, 2.05) is 24.3 Å². The number of methoxy groups -OCH3 is 1. The normalized spacial score (nSPS) is 11.0. The summed E-state index contributed by atoms with van der Waals surface area (Å²) in [5.74, 6) is 2.07. The van der Waals surface area contributed by atoms with Gasteiger partial charge in [-0.05, 0) is 48.7 Å². The van der Waals surface area contributed by atoms with Crippen LogP contribution in [0.1, 0.15) is 31.4 Å². The van der Waals surface area contributed by atoms with Crippen LogP contribution in [0.5, 0.6) is 11.5 Å². The molecule has 2 aromatic rings. The molecule has 0 heterocycles. The molecule has 0 atom stereocenters. The van der Waals surface area contributed by atoms with Gasteiger partial charge in [0.05, 0.1) is 7.11 Å². The molecule has 0 fully saturated rings. The number of benzene rings is 2. The number of nitrogens with one attached hydrogen (secondary N) is 1. The van der Waals surface area contributed by atoms with E-state index in [9.17, 15) is 0 Å². The molecule has 0 spiro atoms. The van der Waals surface area contributed by atoms with Gasteiger partial charge in [-0.3, -0.25) is 0 Å². The van der Waals surface area contributed by atoms with E-state index in [0.29, 0.717) is 34.1 Å². The molecule has 0 amide bonds. The number of rotatable bonds is 9. The molecule has 5 heteroatoms. The lowest BCUT2D eigenvalue weighted by atomic mass is 10.1. The zero-order valence-corrected chi connectivity index (χ0v) is 16.5. The summed E-state index contributed by atoms with van der Waals surface area (Å²) in [5, 5.41) is 4.64. The van der Waals surface area contributed by atoms with Crippen LogP contribution in [0.15, 0.2) is 36.4 Å². The maximum Gasteiger partial charge on any atom is 0.161 e. The van der Waals surface area contributed by atoms with Crippen molar-refractivity contribution >= 4 is 23.2 Å². The van der Waals surface area contributed by atoms with Gasteiger partial charge >= 0.3 is 0 Å². The zero-order chi connectivity index (χ0) is 18.2. The van der Waals surface area contributed by atoms with Gasteiger partial charge in [0.25, 0.3) is 0 Å². The van der Waals surface area contributed by atoms with E-state index >= 15 is 0 Å². The van der Waals surface area contributed by atoms with Crippen LogP contribution in [0.3, 0.4) is 0 Å². The monoisotopic (exact) mass is 381 g/mol. The molecule has 0 bridgehead atoms. The Bertz CT molecular complexity index is 669. The van der Waals surface area contributed by atoms with Gasteiger partial charge in [-0.15, -0.1) is 0 Å². The molecule has 0 saturated heterocycles. The van der Waals surface area contributed by atoms with Crippen molar-refractivity contribution in [3.8, 4) is 11.5 Å². The maximum absolute atomic E-state index is 6.18. The Morgan fingerprint density at radius 2 is 1.76 bits per heavy atom. The molecule has 1 N–H and O–H groups in total. The molecule has 0 saturated carbocycles. The number of hydrogen-bond donors (Lipinski definition) is 1. The number of hydrogen-bond acceptors (Lipinski definition) is 3. The summed E-state index contributed by atoms with van der Waals surface area (Å²) < 4.78 is 11.3. The first-order valence-corrected chi connectivity index (χ1v) is 9.20. The Hall–Kier alpha value is -1.42. The third-order valence-corrected chi connectivity index (χ3v) is 4.60. The van der Waals surface area contributed by atoms with Crippen molar-refractivity contribution in [2.75, 3.05) is 13.7 Å². The van der Waals surface area contributed by atoms with Gasteiger partial charge in [0.2, 0.25) is 0 Å². The standard InChI is InChI=1S/C20H25Cl2NO2/c1-14(2)9-10-23-12-15-7-8-19(20(11-15)24-3)25-13-16-17(21)5-4-6-18(16)22/h4-8,11,14,23H,9-10,12-13H2,1-3H3. The molecule has 0 aliphatic rings. The van der Waals surface area contributed by atoms with E-state index in [4.69, 9.17) is 32.7 Å². The van der Waals surface area contributed by atoms with Crippen LogP contribution in [-0.2, 0) is 13.2 Å². The van der Waals surface area contributed by atoms with E-state index in [1.165, 1.54) is 0 Å². The minimum Gasteiger partial charge on any atom is -0.493 e. The summed E-state index contributed by atoms with van der Waals surface area (Å²) in [6, 6.07) is 11.4. The van der Waals surface area contributed by atoms with Gasteiger partial charge in [0.1, 0.15) is 6.61 Å². The SMILES string of the molecule is COc1cc(CNCCC(C)C)ccc1OCc1c(Cl)cccc1Cl. The van der Waals surface area contributed by atoms with E-state index in [1.54, 1.807) is 19.2 Å². The Kier molecular flexibility index (Phi) is 7.89. The van der Waals surface area contributed by atoms with Crippen LogP contribution in [0.25, 0.3) is 0 Å². The first-order valence-electron chi connectivity index (χ1n) is 8.44. The largest absolute Gasteiger partial charge is 0.493 e. The van der Waals surface area contributed by atoms with Crippen molar-refractivity contribution in [1.29, 1.82) is 0 Å². The lowest BCUT2D eigenvalue weighted by molar-refractivity contribution is 0.284. The predicted molar refractivity (Wildman–Crippen MR) is 105 cm³/mol. The summed E-state index contributed by atoms with van der Waals surface area (Å²) in [5.41, 5.74) is 1.93. The molecule has 2 aromatic carbocycles. The lowest BCUT2D eigenvalue weighted by Crippen LogP contribution is -2.16. The molecule has 0 aliphatic carbocycles. The highest BCUT2D eigenvalue weighted by Gasteiger charge is 2.10. The summed E-state index contributed by atoms with van der Waals surface area (Å²) in [4.78, 5) is 0. The first kappa shape index (κ1) is 19.9. The highest BCUT2D eigenvalue weighted by molar-refractivity contribution is 6.35. The van der Waals surface area contributed by atoms with Crippen LogP contribution in [-0.4, -0.2) is 13.7 Å². The van der Waals surface area contributed by atoms with Crippen molar-refractivity contribution in [2.24, 2.45) is 5.92 Å². The van der Waals surface area contributed by atoms with E-state index in [-0.39, 0.29) is 0 Å². The Labute approximate surface area is 160 Å². The highest BCUT2D eigenvalue weighted by atomic mass is 35.5. The van der Waals surface area contributed by atoms with Crippen LogP contribution >= 0.6 is 23.2 Å². The molecular formula is C20H25Cl2NO2. The second-order valence-corrected chi connectivity index (χ2v) is 7.15. The molecule has 0 radical (unpaired) electrons.